The third kappa shape index (κ3) is 4.70. The van der Waals surface area contributed by atoms with Crippen LogP contribution in [-0.4, -0.2) is 66.7 Å². The molecule has 4 aliphatic rings. The van der Waals surface area contributed by atoms with E-state index < -0.39 is 17.3 Å². The van der Waals surface area contributed by atoms with E-state index >= 15 is 0 Å². The molecule has 1 atom stereocenters. The van der Waals surface area contributed by atoms with Gasteiger partial charge in [-0.15, -0.1) is 0 Å². The Balaban J connectivity index is 1.27. The van der Waals surface area contributed by atoms with Crippen LogP contribution in [0.1, 0.15) is 47.7 Å². The number of thioether (sulfide) groups is 1. The van der Waals surface area contributed by atoms with Crippen LogP contribution in [0.2, 0.25) is 10.0 Å². The van der Waals surface area contributed by atoms with Gasteiger partial charge in [0.25, 0.3) is 5.91 Å². The first-order valence-corrected chi connectivity index (χ1v) is 15.6. The molecule has 1 saturated carbocycles. The zero-order valence-electron chi connectivity index (χ0n) is 23.0. The summed E-state index contributed by atoms with van der Waals surface area (Å²) < 4.78 is 14.8. The van der Waals surface area contributed by atoms with Crippen LogP contribution in [0.15, 0.2) is 46.6 Å². The van der Waals surface area contributed by atoms with Gasteiger partial charge < -0.3 is 21.3 Å². The van der Waals surface area contributed by atoms with Crippen LogP contribution in [-0.2, 0) is 10.2 Å². The largest absolute Gasteiger partial charge is 0.400 e. The number of benzene rings is 2. The average molecular weight is 617 g/mol. The van der Waals surface area contributed by atoms with Crippen LogP contribution >= 0.6 is 35.0 Å². The van der Waals surface area contributed by atoms with Crippen molar-refractivity contribution in [3.63, 3.8) is 0 Å². The van der Waals surface area contributed by atoms with Gasteiger partial charge in [-0.3, -0.25) is 14.6 Å². The molecule has 6 rings (SSSR count). The molecular formula is C30H32Cl2FN5O2S. The number of rotatable bonds is 6. The SMILES string of the molecule is CN=C(C1=C(N)C(C)N(C(=O)c2cc(F)cc(N3CC4(CSC4)C3)c2Cl)CC1)c1cc(Cl)cc(C2(C(N)=O)CC2)c1. The van der Waals surface area contributed by atoms with Gasteiger partial charge in [0.15, 0.2) is 0 Å². The Bertz CT molecular complexity index is 1530. The van der Waals surface area contributed by atoms with E-state index in [2.05, 4.69) is 9.89 Å². The summed E-state index contributed by atoms with van der Waals surface area (Å²) in [6, 6.07) is 7.62. The van der Waals surface area contributed by atoms with Gasteiger partial charge in [-0.25, -0.2) is 4.39 Å². The highest BCUT2D eigenvalue weighted by atomic mass is 35.5. The second-order valence-electron chi connectivity index (χ2n) is 11.7. The van der Waals surface area contributed by atoms with Gasteiger partial charge in [0.2, 0.25) is 5.91 Å². The smallest absolute Gasteiger partial charge is 0.256 e. The topological polar surface area (TPSA) is 105 Å². The standard InChI is InChI=1S/C30H32Cl2FN5O2S/c1-16-25(34)21(26(36-2)17-7-18(9-19(31)8-17)30(4-5-30)28(35)40)3-6-38(16)27(39)22-10-20(33)11-23(24(22)32)37-12-29(13-37)14-41-15-29/h7-11,16H,3-6,12-15,34H2,1-2H3,(H2,35,40). The summed E-state index contributed by atoms with van der Waals surface area (Å²) in [6.07, 6.45) is 1.80. The van der Waals surface area contributed by atoms with Gasteiger partial charge in [-0.1, -0.05) is 23.2 Å². The Morgan fingerprint density at radius 3 is 2.41 bits per heavy atom. The van der Waals surface area contributed by atoms with Crippen LogP contribution in [0, 0.1) is 11.2 Å². The fourth-order valence-corrected chi connectivity index (χ4v) is 8.08. The molecule has 0 aromatic heterocycles. The van der Waals surface area contributed by atoms with Gasteiger partial charge in [0.1, 0.15) is 5.82 Å². The minimum Gasteiger partial charge on any atom is -0.400 e. The lowest BCUT2D eigenvalue weighted by Gasteiger charge is -2.56. The van der Waals surface area contributed by atoms with E-state index in [1.54, 1.807) is 24.1 Å². The number of hydrogen-bond donors (Lipinski definition) is 2. The number of nitrogens with two attached hydrogens (primary N) is 2. The second kappa shape index (κ2) is 10.2. The van der Waals surface area contributed by atoms with Crippen molar-refractivity contribution in [3.05, 3.63) is 74.2 Å². The second-order valence-corrected chi connectivity index (χ2v) is 13.5. The van der Waals surface area contributed by atoms with E-state index in [4.69, 9.17) is 34.7 Å². The Morgan fingerprint density at radius 2 is 1.83 bits per heavy atom. The molecule has 0 bridgehead atoms. The lowest BCUT2D eigenvalue weighted by molar-refractivity contribution is -0.120. The van der Waals surface area contributed by atoms with Gasteiger partial charge in [0.05, 0.1) is 33.4 Å². The fourth-order valence-electron chi connectivity index (χ4n) is 6.39. The van der Waals surface area contributed by atoms with Gasteiger partial charge in [-0.2, -0.15) is 11.8 Å². The summed E-state index contributed by atoms with van der Waals surface area (Å²) in [7, 11) is 1.68. The van der Waals surface area contributed by atoms with Crippen molar-refractivity contribution in [1.29, 1.82) is 0 Å². The fraction of sp³-hybridized carbons (Fsp3) is 0.433. The highest BCUT2D eigenvalue weighted by Crippen LogP contribution is 2.50. The summed E-state index contributed by atoms with van der Waals surface area (Å²) in [4.78, 5) is 34.2. The normalized spacial score (nSPS) is 22.9. The number of nitrogens with zero attached hydrogens (tertiary/aromatic N) is 3. The molecule has 1 aliphatic carbocycles. The summed E-state index contributed by atoms with van der Waals surface area (Å²) in [5.41, 5.74) is 16.1. The third-order valence-electron chi connectivity index (χ3n) is 9.04. The molecule has 3 fully saturated rings. The maximum atomic E-state index is 14.8. The van der Waals surface area contributed by atoms with E-state index in [0.717, 1.165) is 41.3 Å². The number of hydrogen-bond acceptors (Lipinski definition) is 6. The lowest BCUT2D eigenvalue weighted by atomic mass is 9.82. The summed E-state index contributed by atoms with van der Waals surface area (Å²) in [6.45, 7) is 3.83. The first kappa shape index (κ1) is 28.4. The molecular weight excluding hydrogens is 584 g/mol. The molecule has 7 nitrogen and oxygen atoms in total. The Kier molecular flexibility index (Phi) is 7.06. The van der Waals surface area contributed by atoms with Gasteiger partial charge >= 0.3 is 0 Å². The maximum Gasteiger partial charge on any atom is 0.256 e. The average Bonchev–Trinajstić information content (AvgIpc) is 3.69. The number of carbonyl (C=O) groups is 2. The molecule has 41 heavy (non-hydrogen) atoms. The molecule has 4 N–H and O–H groups in total. The molecule has 1 spiro atoms. The molecule has 11 heteroatoms. The molecule has 216 valence electrons. The number of primary amides is 1. The number of anilines is 1. The van der Waals surface area contributed by atoms with E-state index in [1.807, 2.05) is 24.8 Å². The van der Waals surface area contributed by atoms with E-state index in [9.17, 15) is 14.0 Å². The van der Waals surface area contributed by atoms with Crippen molar-refractivity contribution in [3.8, 4) is 0 Å². The van der Waals surface area contributed by atoms with Crippen LogP contribution < -0.4 is 16.4 Å². The van der Waals surface area contributed by atoms with Crippen molar-refractivity contribution in [2.24, 2.45) is 21.9 Å². The highest BCUT2D eigenvalue weighted by molar-refractivity contribution is 8.00. The Hall–Kier alpha value is -2.75. The van der Waals surface area contributed by atoms with Gasteiger partial charge in [0, 0.05) is 65.5 Å². The molecule has 2 amide bonds. The molecule has 2 saturated heterocycles. The van der Waals surface area contributed by atoms with Crippen molar-refractivity contribution >= 4 is 58.2 Å². The molecule has 2 aromatic rings. The first-order chi connectivity index (χ1) is 19.5. The number of aliphatic imine (C=N–C) groups is 1. The Labute approximate surface area is 253 Å². The quantitative estimate of drug-likeness (QED) is 0.456. The molecule has 0 radical (unpaired) electrons. The third-order valence-corrected chi connectivity index (χ3v) is 11.3. The van der Waals surface area contributed by atoms with Gasteiger partial charge in [-0.05, 0) is 62.1 Å². The monoisotopic (exact) mass is 615 g/mol. The summed E-state index contributed by atoms with van der Waals surface area (Å²) in [5, 5.41) is 0.747. The number of amides is 2. The summed E-state index contributed by atoms with van der Waals surface area (Å²) in [5.74, 6) is 0.985. The van der Waals surface area contributed by atoms with Crippen molar-refractivity contribution in [1.82, 2.24) is 4.90 Å². The van der Waals surface area contributed by atoms with Crippen LogP contribution in [0.5, 0.6) is 0 Å². The first-order valence-electron chi connectivity index (χ1n) is 13.7. The van der Waals surface area contributed by atoms with E-state index in [0.29, 0.717) is 53.3 Å². The zero-order chi connectivity index (χ0) is 29.3. The predicted molar refractivity (Wildman–Crippen MR) is 164 cm³/mol. The zero-order valence-corrected chi connectivity index (χ0v) is 25.3. The maximum absolute atomic E-state index is 14.8. The number of carbonyl (C=O) groups excluding carboxylic acids is 2. The summed E-state index contributed by atoms with van der Waals surface area (Å²) >= 11 is 15.1. The predicted octanol–water partition coefficient (Wildman–Crippen LogP) is 4.77. The minimum absolute atomic E-state index is 0.138. The van der Waals surface area contributed by atoms with Crippen LogP contribution in [0.4, 0.5) is 10.1 Å². The van der Waals surface area contributed by atoms with E-state index in [-0.39, 0.29) is 22.4 Å². The molecule has 1 unspecified atom stereocenters. The van der Waals surface area contributed by atoms with E-state index in [1.165, 1.54) is 12.1 Å². The van der Waals surface area contributed by atoms with Crippen molar-refractivity contribution < 1.29 is 14.0 Å². The van der Waals surface area contributed by atoms with Crippen LogP contribution in [0.3, 0.4) is 0 Å². The highest BCUT2D eigenvalue weighted by Gasteiger charge is 2.50. The van der Waals surface area contributed by atoms with Crippen LogP contribution in [0.25, 0.3) is 0 Å². The lowest BCUT2D eigenvalue weighted by Crippen LogP contribution is -2.63. The molecule has 2 aromatic carbocycles. The minimum atomic E-state index is -0.696. The molecule has 3 heterocycles. The van der Waals surface area contributed by atoms with Crippen molar-refractivity contribution in [2.75, 3.05) is 43.1 Å². The molecule has 3 aliphatic heterocycles. The number of halogens is 3. The van der Waals surface area contributed by atoms with Crippen molar-refractivity contribution in [2.45, 2.75) is 37.6 Å². The Morgan fingerprint density at radius 1 is 1.12 bits per heavy atom.